The highest BCUT2D eigenvalue weighted by molar-refractivity contribution is 7.89. The van der Waals surface area contributed by atoms with Gasteiger partial charge in [0.1, 0.15) is 5.75 Å². The molecule has 0 radical (unpaired) electrons. The Morgan fingerprint density at radius 2 is 1.57 bits per heavy atom. The van der Waals surface area contributed by atoms with Crippen molar-refractivity contribution in [2.45, 2.75) is 11.3 Å². The van der Waals surface area contributed by atoms with Gasteiger partial charge in [-0.25, -0.2) is 8.42 Å². The number of hydrogen-bond donors (Lipinski definition) is 2. The summed E-state index contributed by atoms with van der Waals surface area (Å²) < 4.78 is 33.1. The number of hydrogen-bond acceptors (Lipinski definition) is 6. The van der Waals surface area contributed by atoms with E-state index in [-0.39, 0.29) is 17.1 Å². The van der Waals surface area contributed by atoms with Crippen LogP contribution in [0.2, 0.25) is 0 Å². The zero-order valence-electron chi connectivity index (χ0n) is 20.6. The summed E-state index contributed by atoms with van der Waals surface area (Å²) in [6.07, 6.45) is 0.656. The second-order valence-corrected chi connectivity index (χ2v) is 10.7. The van der Waals surface area contributed by atoms with E-state index >= 15 is 0 Å². The average Bonchev–Trinajstić information content (AvgIpc) is 2.92. The highest BCUT2D eigenvalue weighted by atomic mass is 32.2. The van der Waals surface area contributed by atoms with Crippen LogP contribution in [0, 0.1) is 0 Å². The number of sulfonamides is 1. The molecule has 0 saturated carbocycles. The number of nitrogens with one attached hydrogen (secondary N) is 2. The summed E-state index contributed by atoms with van der Waals surface area (Å²) in [4.78, 5) is 27.0. The van der Waals surface area contributed by atoms with Gasteiger partial charge in [0, 0.05) is 38.2 Å². The smallest absolute Gasteiger partial charge is 0.276 e. The Balaban J connectivity index is 1.31. The topological polar surface area (TPSA) is 108 Å². The van der Waals surface area contributed by atoms with Gasteiger partial charge in [0.2, 0.25) is 10.0 Å². The van der Waals surface area contributed by atoms with E-state index in [4.69, 9.17) is 4.74 Å². The van der Waals surface area contributed by atoms with E-state index in [0.29, 0.717) is 38.3 Å². The number of ether oxygens (including phenoxy) is 1. The Morgan fingerprint density at radius 1 is 0.865 bits per heavy atom. The van der Waals surface area contributed by atoms with E-state index in [1.165, 1.54) is 28.6 Å². The zero-order chi connectivity index (χ0) is 26.3. The van der Waals surface area contributed by atoms with Gasteiger partial charge in [0.25, 0.3) is 11.8 Å². The molecule has 0 aliphatic carbocycles. The lowest BCUT2D eigenvalue weighted by molar-refractivity contribution is -0.123. The standard InChI is InChI=1S/C27H30N4O5S/c1-30-14-16-31(17-15-30)37(34,35)24-12-7-11-23(19-24)27(33)29-28-26(32)20-36-25-13-6-5-10-22(25)18-21-8-3-2-4-9-21/h2-13,19H,14-18,20H2,1H3,(H,28,32)(H,29,33). The molecule has 0 spiro atoms. The molecule has 0 atom stereocenters. The predicted octanol–water partition coefficient (Wildman–Crippen LogP) is 2.05. The van der Waals surface area contributed by atoms with Crippen molar-refractivity contribution in [3.05, 3.63) is 95.6 Å². The van der Waals surface area contributed by atoms with Gasteiger partial charge in [-0.15, -0.1) is 0 Å². The highest BCUT2D eigenvalue weighted by Crippen LogP contribution is 2.21. The molecule has 9 nitrogen and oxygen atoms in total. The van der Waals surface area contributed by atoms with Gasteiger partial charge in [-0.3, -0.25) is 20.4 Å². The Morgan fingerprint density at radius 3 is 2.32 bits per heavy atom. The van der Waals surface area contributed by atoms with E-state index in [1.807, 2.05) is 55.6 Å². The number of amides is 2. The van der Waals surface area contributed by atoms with Crippen molar-refractivity contribution in [3.63, 3.8) is 0 Å². The fourth-order valence-electron chi connectivity index (χ4n) is 3.96. The number of likely N-dealkylation sites (N-methyl/N-ethyl adjacent to an activating group) is 1. The van der Waals surface area contributed by atoms with Crippen molar-refractivity contribution in [1.82, 2.24) is 20.1 Å². The third kappa shape index (κ3) is 6.94. The van der Waals surface area contributed by atoms with Crippen LogP contribution in [0.25, 0.3) is 0 Å². The number of para-hydroxylation sites is 1. The first-order valence-electron chi connectivity index (χ1n) is 12.0. The fraction of sp³-hybridized carbons (Fsp3) is 0.259. The lowest BCUT2D eigenvalue weighted by Gasteiger charge is -2.31. The summed E-state index contributed by atoms with van der Waals surface area (Å²) in [5.74, 6) is -0.605. The highest BCUT2D eigenvalue weighted by Gasteiger charge is 2.28. The van der Waals surface area contributed by atoms with E-state index in [2.05, 4.69) is 15.8 Å². The van der Waals surface area contributed by atoms with Crippen molar-refractivity contribution in [2.24, 2.45) is 0 Å². The Kier molecular flexibility index (Phi) is 8.54. The second kappa shape index (κ2) is 12.0. The third-order valence-electron chi connectivity index (χ3n) is 6.08. The summed E-state index contributed by atoms with van der Waals surface area (Å²) in [5, 5.41) is 0. The van der Waals surface area contributed by atoms with E-state index < -0.39 is 21.8 Å². The normalized spacial score (nSPS) is 14.6. The SMILES string of the molecule is CN1CCN(S(=O)(=O)c2cccc(C(=O)NNC(=O)COc3ccccc3Cc3ccccc3)c2)CC1. The quantitative estimate of drug-likeness (QED) is 0.439. The molecule has 1 heterocycles. The maximum absolute atomic E-state index is 13.0. The predicted molar refractivity (Wildman–Crippen MR) is 139 cm³/mol. The molecule has 0 bridgehead atoms. The van der Waals surface area contributed by atoms with Crippen LogP contribution in [-0.4, -0.2) is 69.3 Å². The molecular formula is C27H30N4O5S. The molecule has 10 heteroatoms. The molecule has 1 aliphatic rings. The first-order chi connectivity index (χ1) is 17.8. The number of carbonyl (C=O) groups is 2. The monoisotopic (exact) mass is 522 g/mol. The van der Waals surface area contributed by atoms with Crippen LogP contribution in [0.15, 0.2) is 83.8 Å². The van der Waals surface area contributed by atoms with Crippen LogP contribution in [0.1, 0.15) is 21.5 Å². The fourth-order valence-corrected chi connectivity index (χ4v) is 5.43. The molecule has 4 rings (SSSR count). The van der Waals surface area contributed by atoms with E-state index in [9.17, 15) is 18.0 Å². The van der Waals surface area contributed by atoms with Crippen LogP contribution < -0.4 is 15.6 Å². The molecule has 0 aromatic heterocycles. The van der Waals surface area contributed by atoms with Gasteiger partial charge in [-0.05, 0) is 42.4 Å². The summed E-state index contributed by atoms with van der Waals surface area (Å²) in [6.45, 7) is 1.76. The number of piperazine rings is 1. The van der Waals surface area contributed by atoms with Gasteiger partial charge in [-0.2, -0.15) is 4.31 Å². The number of nitrogens with zero attached hydrogens (tertiary/aromatic N) is 2. The largest absolute Gasteiger partial charge is 0.483 e. The van der Waals surface area contributed by atoms with E-state index in [1.54, 1.807) is 6.07 Å². The lowest BCUT2D eigenvalue weighted by Crippen LogP contribution is -2.47. The minimum atomic E-state index is -3.72. The number of benzene rings is 3. The Bertz CT molecular complexity index is 1340. The minimum absolute atomic E-state index is 0.0365. The molecule has 2 N–H and O–H groups in total. The van der Waals surface area contributed by atoms with Crippen molar-refractivity contribution in [1.29, 1.82) is 0 Å². The third-order valence-corrected chi connectivity index (χ3v) is 7.98. The van der Waals surface area contributed by atoms with Crippen molar-refractivity contribution < 1.29 is 22.7 Å². The number of carbonyl (C=O) groups excluding carboxylic acids is 2. The van der Waals surface area contributed by atoms with Gasteiger partial charge < -0.3 is 9.64 Å². The molecule has 2 amide bonds. The van der Waals surface area contributed by atoms with Crippen molar-refractivity contribution in [2.75, 3.05) is 39.8 Å². The molecule has 194 valence electrons. The summed E-state index contributed by atoms with van der Waals surface area (Å²) in [6, 6.07) is 23.1. The summed E-state index contributed by atoms with van der Waals surface area (Å²) in [5.41, 5.74) is 6.81. The van der Waals surface area contributed by atoms with E-state index in [0.717, 1.165) is 11.1 Å². The molecule has 37 heavy (non-hydrogen) atoms. The van der Waals surface area contributed by atoms with Crippen LogP contribution >= 0.6 is 0 Å². The molecular weight excluding hydrogens is 492 g/mol. The summed E-state index contributed by atoms with van der Waals surface area (Å²) in [7, 11) is -1.78. The number of hydrazine groups is 1. The average molecular weight is 523 g/mol. The molecule has 3 aromatic carbocycles. The van der Waals surface area contributed by atoms with Gasteiger partial charge in [0.15, 0.2) is 6.61 Å². The lowest BCUT2D eigenvalue weighted by atomic mass is 10.0. The molecule has 1 saturated heterocycles. The van der Waals surface area contributed by atoms with Crippen LogP contribution in [0.3, 0.4) is 0 Å². The van der Waals surface area contributed by atoms with Gasteiger partial charge in [-0.1, -0.05) is 54.6 Å². The maximum atomic E-state index is 13.0. The second-order valence-electron chi connectivity index (χ2n) is 8.80. The zero-order valence-corrected chi connectivity index (χ0v) is 21.4. The first-order valence-corrected chi connectivity index (χ1v) is 13.4. The maximum Gasteiger partial charge on any atom is 0.276 e. The van der Waals surface area contributed by atoms with Crippen LogP contribution in [0.4, 0.5) is 0 Å². The van der Waals surface area contributed by atoms with Gasteiger partial charge in [0.05, 0.1) is 4.90 Å². The molecule has 3 aromatic rings. The van der Waals surface area contributed by atoms with Crippen molar-refractivity contribution >= 4 is 21.8 Å². The minimum Gasteiger partial charge on any atom is -0.483 e. The molecule has 1 fully saturated rings. The molecule has 1 aliphatic heterocycles. The van der Waals surface area contributed by atoms with Crippen LogP contribution in [0.5, 0.6) is 5.75 Å². The van der Waals surface area contributed by atoms with Crippen LogP contribution in [-0.2, 0) is 21.2 Å². The Labute approximate surface area is 217 Å². The van der Waals surface area contributed by atoms with Gasteiger partial charge >= 0.3 is 0 Å². The summed E-state index contributed by atoms with van der Waals surface area (Å²) >= 11 is 0. The van der Waals surface area contributed by atoms with Crippen molar-refractivity contribution in [3.8, 4) is 5.75 Å². The molecule has 0 unspecified atom stereocenters. The first kappa shape index (κ1) is 26.3. The number of rotatable bonds is 8. The Hall–Kier alpha value is -3.73.